The summed E-state index contributed by atoms with van der Waals surface area (Å²) in [4.78, 5) is 11.3. The number of hydrogen-bond acceptors (Lipinski definition) is 4. The number of hydrogen-bond donors (Lipinski definition) is 4. The number of rotatable bonds is 8. The first-order chi connectivity index (χ1) is 9.06. The van der Waals surface area contributed by atoms with Crippen LogP contribution in [0.1, 0.15) is 36.4 Å². The molecule has 19 heavy (non-hydrogen) atoms. The monoisotopic (exact) mass is 267 g/mol. The molecule has 0 bridgehead atoms. The molecule has 0 saturated heterocycles. The lowest BCUT2D eigenvalue weighted by molar-refractivity contribution is -0.139. The summed E-state index contributed by atoms with van der Waals surface area (Å²) in [5.41, 5.74) is 1.29. The molecule has 1 unspecified atom stereocenters. The Hall–Kier alpha value is -1.59. The molecule has 1 aromatic rings. The number of aromatic hydroxyl groups is 1. The highest BCUT2D eigenvalue weighted by molar-refractivity contribution is 5.76. The molecule has 5 nitrogen and oxygen atoms in total. The summed E-state index contributed by atoms with van der Waals surface area (Å²) in [7, 11) is 0. The fraction of sp³-hybridized carbons (Fsp3) is 0.500. The molecular formula is C14H21NO4. The Bertz CT molecular complexity index is 420. The average Bonchev–Trinajstić information content (AvgIpc) is 2.37. The maximum absolute atomic E-state index is 11.3. The Balaban J connectivity index is 2.67. The summed E-state index contributed by atoms with van der Waals surface area (Å²) in [5, 5.41) is 30.6. The van der Waals surface area contributed by atoms with E-state index in [0.29, 0.717) is 12.1 Å². The van der Waals surface area contributed by atoms with Crippen LogP contribution in [0.4, 0.5) is 0 Å². The van der Waals surface area contributed by atoms with Crippen molar-refractivity contribution in [2.45, 2.75) is 32.2 Å². The lowest BCUT2D eigenvalue weighted by atomic mass is 10.0. The molecule has 0 aliphatic rings. The summed E-state index contributed by atoms with van der Waals surface area (Å²) in [6, 6.07) is 4.01. The van der Waals surface area contributed by atoms with Gasteiger partial charge in [-0.15, -0.1) is 0 Å². The molecule has 0 radical (unpaired) electrons. The van der Waals surface area contributed by atoms with Gasteiger partial charge in [-0.1, -0.05) is 17.7 Å². The molecule has 0 fully saturated rings. The second-order valence-corrected chi connectivity index (χ2v) is 4.57. The zero-order valence-electron chi connectivity index (χ0n) is 11.1. The number of aliphatic hydroxyl groups is 1. The highest BCUT2D eigenvalue weighted by Gasteiger charge is 2.22. The van der Waals surface area contributed by atoms with Gasteiger partial charge in [0.1, 0.15) is 11.8 Å². The Morgan fingerprint density at radius 2 is 2.05 bits per heavy atom. The van der Waals surface area contributed by atoms with Crippen LogP contribution in [0, 0.1) is 6.92 Å². The van der Waals surface area contributed by atoms with E-state index in [0.717, 1.165) is 24.8 Å². The molecule has 1 rings (SSSR count). The van der Waals surface area contributed by atoms with Crippen LogP contribution in [0.25, 0.3) is 0 Å². The average molecular weight is 267 g/mol. The van der Waals surface area contributed by atoms with E-state index in [2.05, 4.69) is 5.32 Å². The molecule has 1 aromatic carbocycles. The van der Waals surface area contributed by atoms with E-state index in [9.17, 15) is 15.0 Å². The van der Waals surface area contributed by atoms with Gasteiger partial charge in [-0.3, -0.25) is 4.79 Å². The third-order valence-corrected chi connectivity index (χ3v) is 2.92. The van der Waals surface area contributed by atoms with Gasteiger partial charge in [0.15, 0.2) is 0 Å². The van der Waals surface area contributed by atoms with Gasteiger partial charge >= 0.3 is 5.97 Å². The quantitative estimate of drug-likeness (QED) is 0.537. The third-order valence-electron chi connectivity index (χ3n) is 2.92. The third kappa shape index (κ3) is 4.89. The lowest BCUT2D eigenvalue weighted by Crippen LogP contribution is -2.29. The van der Waals surface area contributed by atoms with Gasteiger partial charge in [-0.05, 0) is 38.8 Å². The second-order valence-electron chi connectivity index (χ2n) is 4.57. The van der Waals surface area contributed by atoms with Gasteiger partial charge in [0, 0.05) is 12.2 Å². The minimum atomic E-state index is -1.01. The molecule has 5 heteroatoms. The Morgan fingerprint density at radius 1 is 1.32 bits per heavy atom. The largest absolute Gasteiger partial charge is 0.508 e. The van der Waals surface area contributed by atoms with Crippen LogP contribution in [0.15, 0.2) is 18.2 Å². The van der Waals surface area contributed by atoms with Crippen molar-refractivity contribution < 1.29 is 20.1 Å². The number of phenolic OH excluding ortho intramolecular Hbond substituents is 1. The van der Waals surface area contributed by atoms with Crippen LogP contribution in [0.3, 0.4) is 0 Å². The van der Waals surface area contributed by atoms with Crippen LogP contribution in [-0.2, 0) is 4.79 Å². The SMILES string of the molecule is Cc1ccc(O)c(C(NCCCCCO)C(=O)O)c1. The molecule has 106 valence electrons. The first kappa shape index (κ1) is 15.5. The van der Waals surface area contributed by atoms with Crippen molar-refractivity contribution in [1.82, 2.24) is 5.32 Å². The molecule has 0 saturated carbocycles. The predicted octanol–water partition coefficient (Wildman–Crippen LogP) is 1.58. The number of phenols is 1. The van der Waals surface area contributed by atoms with Crippen molar-refractivity contribution in [1.29, 1.82) is 0 Å². The molecule has 0 aliphatic carbocycles. The number of nitrogens with one attached hydrogen (secondary N) is 1. The highest BCUT2D eigenvalue weighted by Crippen LogP contribution is 2.25. The van der Waals surface area contributed by atoms with Gasteiger partial charge in [0.2, 0.25) is 0 Å². The van der Waals surface area contributed by atoms with E-state index in [-0.39, 0.29) is 12.4 Å². The van der Waals surface area contributed by atoms with Gasteiger partial charge in [0.25, 0.3) is 0 Å². The smallest absolute Gasteiger partial charge is 0.325 e. The zero-order valence-corrected chi connectivity index (χ0v) is 11.1. The number of carbonyl (C=O) groups is 1. The minimum Gasteiger partial charge on any atom is -0.508 e. The van der Waals surface area contributed by atoms with Gasteiger partial charge in [-0.25, -0.2) is 0 Å². The summed E-state index contributed by atoms with van der Waals surface area (Å²) in [5.74, 6) is -1.02. The Morgan fingerprint density at radius 3 is 2.68 bits per heavy atom. The summed E-state index contributed by atoms with van der Waals surface area (Å²) >= 11 is 0. The number of benzene rings is 1. The van der Waals surface area contributed by atoms with E-state index < -0.39 is 12.0 Å². The van der Waals surface area contributed by atoms with Crippen LogP contribution in [0.5, 0.6) is 5.75 Å². The molecule has 1 atom stereocenters. The highest BCUT2D eigenvalue weighted by atomic mass is 16.4. The van der Waals surface area contributed by atoms with Gasteiger partial charge < -0.3 is 20.6 Å². The summed E-state index contributed by atoms with van der Waals surface area (Å²) in [6.07, 6.45) is 2.35. The first-order valence-electron chi connectivity index (χ1n) is 6.43. The van der Waals surface area contributed by atoms with Crippen molar-refractivity contribution in [3.63, 3.8) is 0 Å². The Kier molecular flexibility index (Phi) is 6.32. The lowest BCUT2D eigenvalue weighted by Gasteiger charge is -2.16. The van der Waals surface area contributed by atoms with Crippen molar-refractivity contribution >= 4 is 5.97 Å². The van der Waals surface area contributed by atoms with Crippen molar-refractivity contribution in [3.8, 4) is 5.75 Å². The Labute approximate surface area is 112 Å². The molecule has 4 N–H and O–H groups in total. The molecule has 0 amide bonds. The van der Waals surface area contributed by atoms with Crippen molar-refractivity contribution in [2.75, 3.05) is 13.2 Å². The maximum atomic E-state index is 11.3. The number of aryl methyl sites for hydroxylation is 1. The van der Waals surface area contributed by atoms with Gasteiger partial charge in [0.05, 0.1) is 0 Å². The molecule has 0 aromatic heterocycles. The normalized spacial score (nSPS) is 12.3. The molecule has 0 aliphatic heterocycles. The topological polar surface area (TPSA) is 89.8 Å². The summed E-state index contributed by atoms with van der Waals surface area (Å²) in [6.45, 7) is 2.54. The van der Waals surface area contributed by atoms with E-state index in [1.54, 1.807) is 12.1 Å². The van der Waals surface area contributed by atoms with Crippen LogP contribution >= 0.6 is 0 Å². The van der Waals surface area contributed by atoms with Crippen molar-refractivity contribution in [2.24, 2.45) is 0 Å². The first-order valence-corrected chi connectivity index (χ1v) is 6.43. The van der Waals surface area contributed by atoms with Crippen LogP contribution in [-0.4, -0.2) is 34.4 Å². The number of aliphatic hydroxyl groups excluding tert-OH is 1. The zero-order chi connectivity index (χ0) is 14.3. The number of unbranched alkanes of at least 4 members (excludes halogenated alkanes) is 2. The van der Waals surface area contributed by atoms with E-state index >= 15 is 0 Å². The minimum absolute atomic E-state index is 0.0131. The molecule has 0 heterocycles. The fourth-order valence-corrected chi connectivity index (χ4v) is 1.90. The number of carboxylic acids is 1. The van der Waals surface area contributed by atoms with E-state index in [1.807, 2.05) is 6.92 Å². The fourth-order valence-electron chi connectivity index (χ4n) is 1.90. The van der Waals surface area contributed by atoms with Crippen LogP contribution < -0.4 is 5.32 Å². The molecule has 0 spiro atoms. The van der Waals surface area contributed by atoms with Crippen LogP contribution in [0.2, 0.25) is 0 Å². The van der Waals surface area contributed by atoms with E-state index in [1.165, 1.54) is 6.07 Å². The molecular weight excluding hydrogens is 246 g/mol. The number of carboxylic acid groups (broad SMARTS) is 1. The summed E-state index contributed by atoms with van der Waals surface area (Å²) < 4.78 is 0. The maximum Gasteiger partial charge on any atom is 0.325 e. The standard InChI is InChI=1S/C14H21NO4/c1-10-5-6-12(17)11(9-10)13(14(18)19)15-7-3-2-4-8-16/h5-6,9,13,15-17H,2-4,7-8H2,1H3,(H,18,19). The second kappa shape index (κ2) is 7.76. The van der Waals surface area contributed by atoms with E-state index in [4.69, 9.17) is 5.11 Å². The predicted molar refractivity (Wildman–Crippen MR) is 72.2 cm³/mol. The number of aliphatic carboxylic acids is 1. The van der Waals surface area contributed by atoms with Crippen molar-refractivity contribution in [3.05, 3.63) is 29.3 Å². The van der Waals surface area contributed by atoms with Gasteiger partial charge in [-0.2, -0.15) is 0 Å².